The number of benzene rings is 1. The van der Waals surface area contributed by atoms with Crippen molar-refractivity contribution in [1.82, 2.24) is 14.7 Å². The molecule has 2 heterocycles. The van der Waals surface area contributed by atoms with E-state index in [1.165, 1.54) is 18.3 Å². The van der Waals surface area contributed by atoms with Crippen LogP contribution in [0.2, 0.25) is 0 Å². The van der Waals surface area contributed by atoms with Crippen molar-refractivity contribution in [2.75, 3.05) is 39.8 Å². The van der Waals surface area contributed by atoms with Gasteiger partial charge >= 0.3 is 0 Å². The Morgan fingerprint density at radius 3 is 2.29 bits per heavy atom. The Hall–Kier alpha value is -2.45. The fourth-order valence-corrected chi connectivity index (χ4v) is 4.71. The molecular formula is C26H41F2N5O. The average molecular weight is 478 g/mol. The summed E-state index contributed by atoms with van der Waals surface area (Å²) in [4.78, 5) is 19.4. The van der Waals surface area contributed by atoms with Crippen LogP contribution >= 0.6 is 0 Å². The number of hydrogen-bond acceptors (Lipinski definition) is 5. The molecule has 2 aliphatic rings. The monoisotopic (exact) mass is 477 g/mol. The Morgan fingerprint density at radius 2 is 1.74 bits per heavy atom. The molecule has 0 aromatic heterocycles. The van der Waals surface area contributed by atoms with Gasteiger partial charge in [-0.25, -0.2) is 8.78 Å². The second kappa shape index (κ2) is 14.1. The molecule has 1 aromatic carbocycles. The molecule has 6 nitrogen and oxygen atoms in total. The van der Waals surface area contributed by atoms with Gasteiger partial charge in [0, 0.05) is 49.8 Å². The largest absolute Gasteiger partial charge is 0.405 e. The van der Waals surface area contributed by atoms with Crippen molar-refractivity contribution in [3.05, 3.63) is 59.4 Å². The van der Waals surface area contributed by atoms with Crippen LogP contribution in [-0.4, -0.2) is 66.4 Å². The van der Waals surface area contributed by atoms with Crippen molar-refractivity contribution >= 4 is 5.91 Å². The van der Waals surface area contributed by atoms with Gasteiger partial charge in [-0.05, 0) is 75.9 Å². The highest BCUT2D eigenvalue weighted by Crippen LogP contribution is 2.24. The number of halogens is 2. The standard InChI is InChI=1S/C24H35F2N5O.C2H6/c1-29(17-20-2-3-21(25)14-23(20)26)22-7-12-31(13-8-22)24(32)19-5-10-30(11-6-19)16-18(15-28)4-9-27;1-2/h2-4,9,14-15,19,22H,5-8,10-13,16-17,27-28H2,1H3;1-2H3/b9-4-,18-15+;. The zero-order chi connectivity index (χ0) is 25.1. The summed E-state index contributed by atoms with van der Waals surface area (Å²) in [7, 11) is 1.96. The molecule has 1 aromatic rings. The minimum Gasteiger partial charge on any atom is -0.405 e. The molecule has 3 rings (SSSR count). The quantitative estimate of drug-likeness (QED) is 0.588. The van der Waals surface area contributed by atoms with Crippen molar-refractivity contribution < 1.29 is 13.6 Å². The van der Waals surface area contributed by atoms with Gasteiger partial charge in [0.15, 0.2) is 0 Å². The molecule has 2 saturated heterocycles. The van der Waals surface area contributed by atoms with Gasteiger partial charge < -0.3 is 16.4 Å². The van der Waals surface area contributed by atoms with E-state index >= 15 is 0 Å². The number of likely N-dealkylation sites (tertiary alicyclic amines) is 2. The van der Waals surface area contributed by atoms with Gasteiger partial charge in [0.2, 0.25) is 5.91 Å². The molecule has 2 aliphatic heterocycles. The molecule has 34 heavy (non-hydrogen) atoms. The van der Waals surface area contributed by atoms with E-state index in [1.807, 2.05) is 31.9 Å². The van der Waals surface area contributed by atoms with Crippen LogP contribution in [0, 0.1) is 17.6 Å². The highest BCUT2D eigenvalue weighted by Gasteiger charge is 2.31. The molecule has 0 saturated carbocycles. The summed E-state index contributed by atoms with van der Waals surface area (Å²) in [6, 6.07) is 4.01. The fourth-order valence-electron chi connectivity index (χ4n) is 4.71. The fraction of sp³-hybridized carbons (Fsp3) is 0.577. The van der Waals surface area contributed by atoms with Crippen LogP contribution < -0.4 is 11.5 Å². The predicted molar refractivity (Wildman–Crippen MR) is 134 cm³/mol. The summed E-state index contributed by atoms with van der Waals surface area (Å²) in [5.74, 6) is -0.741. The molecule has 8 heteroatoms. The number of amides is 1. The van der Waals surface area contributed by atoms with Gasteiger partial charge in [-0.2, -0.15) is 0 Å². The minimum absolute atomic E-state index is 0.0733. The van der Waals surface area contributed by atoms with E-state index in [0.717, 1.165) is 70.0 Å². The topological polar surface area (TPSA) is 78.8 Å². The lowest BCUT2D eigenvalue weighted by Gasteiger charge is -2.39. The number of piperidine rings is 2. The number of rotatable bonds is 7. The molecular weight excluding hydrogens is 436 g/mol. The molecule has 190 valence electrons. The molecule has 0 atom stereocenters. The molecule has 4 N–H and O–H groups in total. The summed E-state index contributed by atoms with van der Waals surface area (Å²) in [5, 5.41) is 0. The van der Waals surface area contributed by atoms with Crippen LogP contribution in [0.5, 0.6) is 0 Å². The van der Waals surface area contributed by atoms with Gasteiger partial charge in [0.25, 0.3) is 0 Å². The van der Waals surface area contributed by atoms with Crippen molar-refractivity contribution in [3.8, 4) is 0 Å². The molecule has 0 spiro atoms. The van der Waals surface area contributed by atoms with Crippen LogP contribution in [0.1, 0.15) is 45.1 Å². The summed E-state index contributed by atoms with van der Waals surface area (Å²) >= 11 is 0. The summed E-state index contributed by atoms with van der Waals surface area (Å²) in [6.07, 6.45) is 8.31. The van der Waals surface area contributed by atoms with Crippen LogP contribution in [0.4, 0.5) is 8.78 Å². The van der Waals surface area contributed by atoms with E-state index in [-0.39, 0.29) is 17.9 Å². The van der Waals surface area contributed by atoms with E-state index in [9.17, 15) is 13.6 Å². The first-order valence-corrected chi connectivity index (χ1v) is 12.4. The number of nitrogens with two attached hydrogens (primary N) is 2. The first kappa shape index (κ1) is 27.8. The van der Waals surface area contributed by atoms with Gasteiger partial charge in [0.1, 0.15) is 11.6 Å². The van der Waals surface area contributed by atoms with Crippen molar-refractivity contribution in [2.45, 2.75) is 52.1 Å². The third kappa shape index (κ3) is 7.81. The van der Waals surface area contributed by atoms with E-state index in [0.29, 0.717) is 12.1 Å². The Bertz CT molecular complexity index is 828. The van der Waals surface area contributed by atoms with Crippen molar-refractivity contribution in [3.63, 3.8) is 0 Å². The molecule has 0 bridgehead atoms. The van der Waals surface area contributed by atoms with Gasteiger partial charge in [-0.15, -0.1) is 0 Å². The van der Waals surface area contributed by atoms with Crippen LogP contribution in [0.15, 0.2) is 42.2 Å². The van der Waals surface area contributed by atoms with E-state index < -0.39 is 11.6 Å². The Balaban J connectivity index is 0.00000199. The van der Waals surface area contributed by atoms with Crippen LogP contribution in [-0.2, 0) is 11.3 Å². The highest BCUT2D eigenvalue weighted by atomic mass is 19.1. The van der Waals surface area contributed by atoms with Gasteiger partial charge in [-0.3, -0.25) is 14.6 Å². The van der Waals surface area contributed by atoms with E-state index in [4.69, 9.17) is 11.5 Å². The lowest BCUT2D eigenvalue weighted by Crippen LogP contribution is -2.49. The predicted octanol–water partition coefficient (Wildman–Crippen LogP) is 3.44. The summed E-state index contributed by atoms with van der Waals surface area (Å²) < 4.78 is 27.1. The molecule has 0 radical (unpaired) electrons. The SMILES string of the molecule is CC.CN(Cc1ccc(F)cc1F)C1CCN(C(=O)C2CCN(CC(/C=C\N)=C/N)CC2)CC1. The molecule has 0 unspecified atom stereocenters. The summed E-state index contributed by atoms with van der Waals surface area (Å²) in [6.45, 7) is 8.37. The van der Waals surface area contributed by atoms with Crippen molar-refractivity contribution in [2.24, 2.45) is 17.4 Å². The zero-order valence-electron chi connectivity index (χ0n) is 20.9. The third-order valence-electron chi connectivity index (χ3n) is 6.70. The normalized spacial score (nSPS) is 18.9. The Morgan fingerprint density at radius 1 is 1.09 bits per heavy atom. The maximum absolute atomic E-state index is 14.0. The lowest BCUT2D eigenvalue weighted by molar-refractivity contribution is -0.138. The maximum Gasteiger partial charge on any atom is 0.225 e. The number of nitrogens with zero attached hydrogens (tertiary/aromatic N) is 3. The van der Waals surface area contributed by atoms with Gasteiger partial charge in [-0.1, -0.05) is 19.9 Å². The number of carbonyl (C=O) groups is 1. The third-order valence-corrected chi connectivity index (χ3v) is 6.70. The smallest absolute Gasteiger partial charge is 0.225 e. The number of hydrogen-bond donors (Lipinski definition) is 2. The van der Waals surface area contributed by atoms with Crippen molar-refractivity contribution in [1.29, 1.82) is 0 Å². The Labute approximate surface area is 203 Å². The molecule has 0 aliphatic carbocycles. The highest BCUT2D eigenvalue weighted by molar-refractivity contribution is 5.79. The maximum atomic E-state index is 14.0. The van der Waals surface area contributed by atoms with E-state index in [1.54, 1.807) is 6.20 Å². The van der Waals surface area contributed by atoms with Crippen LogP contribution in [0.25, 0.3) is 0 Å². The second-order valence-corrected chi connectivity index (χ2v) is 8.86. The Kier molecular flexibility index (Phi) is 11.5. The summed E-state index contributed by atoms with van der Waals surface area (Å²) in [5.41, 5.74) is 12.6. The second-order valence-electron chi connectivity index (χ2n) is 8.86. The average Bonchev–Trinajstić information content (AvgIpc) is 2.86. The van der Waals surface area contributed by atoms with E-state index in [2.05, 4.69) is 9.80 Å². The lowest BCUT2D eigenvalue weighted by atomic mass is 9.93. The minimum atomic E-state index is -0.560. The molecule has 1 amide bonds. The number of carbonyl (C=O) groups excluding carboxylic acids is 1. The van der Waals surface area contributed by atoms with Gasteiger partial charge in [0.05, 0.1) is 0 Å². The zero-order valence-corrected chi connectivity index (χ0v) is 20.9. The first-order valence-electron chi connectivity index (χ1n) is 12.4. The molecule has 2 fully saturated rings. The first-order chi connectivity index (χ1) is 16.4. The van der Waals surface area contributed by atoms with Crippen LogP contribution in [0.3, 0.4) is 0 Å².